The van der Waals surface area contributed by atoms with E-state index >= 15 is 0 Å². The lowest BCUT2D eigenvalue weighted by atomic mass is 10.0. The summed E-state index contributed by atoms with van der Waals surface area (Å²) in [5, 5.41) is 11.9. The molecule has 0 spiro atoms. The van der Waals surface area contributed by atoms with E-state index in [1.165, 1.54) is 0 Å². The highest BCUT2D eigenvalue weighted by atomic mass is 32.1. The van der Waals surface area contributed by atoms with Crippen LogP contribution in [0.4, 0.5) is 5.69 Å². The molecular weight excluding hydrogens is 192 g/mol. The maximum Gasteiger partial charge on any atom is 0.0995 e. The highest BCUT2D eigenvalue weighted by molar-refractivity contribution is 7.18. The summed E-state index contributed by atoms with van der Waals surface area (Å²) in [6, 6.07) is 5.99. The molecule has 0 bridgehead atoms. The van der Waals surface area contributed by atoms with Gasteiger partial charge in [0, 0.05) is 15.5 Å². The van der Waals surface area contributed by atoms with Crippen LogP contribution in [0.25, 0.3) is 10.1 Å². The second-order valence-corrected chi connectivity index (χ2v) is 4.00. The van der Waals surface area contributed by atoms with E-state index in [0.717, 1.165) is 33.3 Å². The molecule has 0 amide bonds. The Labute approximate surface area is 86.6 Å². The predicted octanol–water partition coefficient (Wildman–Crippen LogP) is 2.92. The van der Waals surface area contributed by atoms with Crippen molar-refractivity contribution < 1.29 is 0 Å². The second kappa shape index (κ2) is 3.32. The Morgan fingerprint density at radius 1 is 1.50 bits per heavy atom. The van der Waals surface area contributed by atoms with Crippen molar-refractivity contribution in [3.63, 3.8) is 0 Å². The van der Waals surface area contributed by atoms with Gasteiger partial charge in [0.15, 0.2) is 0 Å². The average Bonchev–Trinajstić information content (AvgIpc) is 2.59. The van der Waals surface area contributed by atoms with E-state index in [9.17, 15) is 0 Å². The van der Waals surface area contributed by atoms with E-state index in [2.05, 4.69) is 13.0 Å². The Balaban J connectivity index is 2.86. The van der Waals surface area contributed by atoms with Gasteiger partial charge < -0.3 is 5.73 Å². The van der Waals surface area contributed by atoms with Gasteiger partial charge in [0.1, 0.15) is 0 Å². The van der Waals surface area contributed by atoms with Crippen molar-refractivity contribution in [1.82, 2.24) is 0 Å². The quantitative estimate of drug-likeness (QED) is 0.773. The molecule has 2 aromatic rings. The van der Waals surface area contributed by atoms with Crippen LogP contribution >= 0.6 is 11.3 Å². The molecule has 1 aromatic heterocycles. The van der Waals surface area contributed by atoms with Crippen molar-refractivity contribution in [1.29, 1.82) is 5.26 Å². The van der Waals surface area contributed by atoms with E-state index in [4.69, 9.17) is 11.0 Å². The lowest BCUT2D eigenvalue weighted by molar-refractivity contribution is 1.15. The number of nitriles is 1. The first-order valence-electron chi connectivity index (χ1n) is 4.46. The molecule has 0 aliphatic carbocycles. The number of hydrogen-bond donors (Lipinski definition) is 1. The lowest BCUT2D eigenvalue weighted by Crippen LogP contribution is -1.88. The average molecular weight is 202 g/mol. The summed E-state index contributed by atoms with van der Waals surface area (Å²) in [5.41, 5.74) is 8.51. The van der Waals surface area contributed by atoms with Crippen molar-refractivity contribution in [3.05, 3.63) is 28.6 Å². The highest BCUT2D eigenvalue weighted by Gasteiger charge is 2.08. The van der Waals surface area contributed by atoms with Crippen molar-refractivity contribution >= 4 is 27.1 Å². The normalized spacial score (nSPS) is 10.3. The van der Waals surface area contributed by atoms with Gasteiger partial charge >= 0.3 is 0 Å². The van der Waals surface area contributed by atoms with Crippen LogP contribution in [0, 0.1) is 11.3 Å². The fourth-order valence-corrected chi connectivity index (χ4v) is 2.71. The zero-order valence-corrected chi connectivity index (χ0v) is 8.69. The molecule has 14 heavy (non-hydrogen) atoms. The zero-order chi connectivity index (χ0) is 10.1. The smallest absolute Gasteiger partial charge is 0.0995 e. The summed E-state index contributed by atoms with van der Waals surface area (Å²) < 4.78 is 1.16. The molecule has 2 N–H and O–H groups in total. The number of thiophene rings is 1. The summed E-state index contributed by atoms with van der Waals surface area (Å²) in [7, 11) is 0. The van der Waals surface area contributed by atoms with Crippen LogP contribution in [-0.4, -0.2) is 0 Å². The molecule has 0 saturated carbocycles. The molecule has 1 aromatic carbocycles. The Morgan fingerprint density at radius 2 is 2.29 bits per heavy atom. The molecule has 3 heteroatoms. The van der Waals surface area contributed by atoms with Crippen molar-refractivity contribution in [2.75, 3.05) is 5.73 Å². The molecular formula is C11H10N2S. The summed E-state index contributed by atoms with van der Waals surface area (Å²) in [6.07, 6.45) is 0.875. The molecule has 0 atom stereocenters. The van der Waals surface area contributed by atoms with E-state index in [1.54, 1.807) is 11.3 Å². The van der Waals surface area contributed by atoms with Gasteiger partial charge in [0.05, 0.1) is 17.3 Å². The number of hydrogen-bond acceptors (Lipinski definition) is 3. The Morgan fingerprint density at radius 3 is 2.93 bits per heavy atom. The first-order valence-corrected chi connectivity index (χ1v) is 5.34. The van der Waals surface area contributed by atoms with Crippen LogP contribution in [0.15, 0.2) is 17.5 Å². The van der Waals surface area contributed by atoms with Crippen LogP contribution in [0.2, 0.25) is 0 Å². The first kappa shape index (κ1) is 9.04. The number of nitrogens with two attached hydrogens (primary N) is 1. The Hall–Kier alpha value is -1.53. The maximum atomic E-state index is 8.94. The van der Waals surface area contributed by atoms with E-state index < -0.39 is 0 Å². The number of anilines is 1. The SMILES string of the molecule is CCc1c(C#N)ccc2c(N)csc12. The molecule has 0 radical (unpaired) electrons. The number of aryl methyl sites for hydroxylation is 1. The summed E-state index contributed by atoms with van der Waals surface area (Å²) in [4.78, 5) is 0. The first-order chi connectivity index (χ1) is 6.77. The monoisotopic (exact) mass is 202 g/mol. The third-order valence-electron chi connectivity index (χ3n) is 2.35. The summed E-state index contributed by atoms with van der Waals surface area (Å²) >= 11 is 1.62. The molecule has 0 aliphatic rings. The molecule has 0 unspecified atom stereocenters. The van der Waals surface area contributed by atoms with Crippen molar-refractivity contribution in [3.8, 4) is 6.07 Å². The van der Waals surface area contributed by atoms with Crippen molar-refractivity contribution in [2.24, 2.45) is 0 Å². The van der Waals surface area contributed by atoms with Gasteiger partial charge in [0.2, 0.25) is 0 Å². The molecule has 0 fully saturated rings. The van der Waals surface area contributed by atoms with Crippen LogP contribution in [0.5, 0.6) is 0 Å². The van der Waals surface area contributed by atoms with Gasteiger partial charge in [-0.3, -0.25) is 0 Å². The summed E-state index contributed by atoms with van der Waals surface area (Å²) in [6.45, 7) is 2.06. The van der Waals surface area contributed by atoms with E-state index in [-0.39, 0.29) is 0 Å². The lowest BCUT2D eigenvalue weighted by Gasteiger charge is -2.01. The van der Waals surface area contributed by atoms with Gasteiger partial charge in [-0.2, -0.15) is 5.26 Å². The number of rotatable bonds is 1. The van der Waals surface area contributed by atoms with Gasteiger partial charge in [0.25, 0.3) is 0 Å². The van der Waals surface area contributed by atoms with Crippen molar-refractivity contribution in [2.45, 2.75) is 13.3 Å². The molecule has 0 aliphatic heterocycles. The van der Waals surface area contributed by atoms with Gasteiger partial charge in [-0.1, -0.05) is 13.0 Å². The zero-order valence-electron chi connectivity index (χ0n) is 7.87. The topological polar surface area (TPSA) is 49.8 Å². The van der Waals surface area contributed by atoms with Crippen LogP contribution in [0.3, 0.4) is 0 Å². The van der Waals surface area contributed by atoms with E-state index in [1.807, 2.05) is 17.5 Å². The fourth-order valence-electron chi connectivity index (χ4n) is 1.63. The van der Waals surface area contributed by atoms with Crippen LogP contribution in [0.1, 0.15) is 18.1 Å². The van der Waals surface area contributed by atoms with E-state index in [0.29, 0.717) is 0 Å². The Bertz CT molecular complexity index is 520. The molecule has 70 valence electrons. The number of benzene rings is 1. The molecule has 2 nitrogen and oxygen atoms in total. The fraction of sp³-hybridized carbons (Fsp3) is 0.182. The highest BCUT2D eigenvalue weighted by Crippen LogP contribution is 2.32. The third-order valence-corrected chi connectivity index (χ3v) is 3.42. The molecule has 1 heterocycles. The van der Waals surface area contributed by atoms with Crippen LogP contribution < -0.4 is 5.73 Å². The maximum absolute atomic E-state index is 8.94. The number of nitrogens with zero attached hydrogens (tertiary/aromatic N) is 1. The largest absolute Gasteiger partial charge is 0.398 e. The van der Waals surface area contributed by atoms with Gasteiger partial charge in [-0.05, 0) is 18.1 Å². The predicted molar refractivity (Wildman–Crippen MR) is 60.3 cm³/mol. The number of nitrogen functional groups attached to an aromatic ring is 1. The van der Waals surface area contributed by atoms with Gasteiger partial charge in [-0.15, -0.1) is 11.3 Å². The third kappa shape index (κ3) is 1.16. The standard InChI is InChI=1S/C11H10N2S/c1-2-8-7(5-12)3-4-9-10(13)6-14-11(8)9/h3-4,6H,2,13H2,1H3. The second-order valence-electron chi connectivity index (χ2n) is 3.12. The number of fused-ring (bicyclic) bond motifs is 1. The molecule has 2 rings (SSSR count). The minimum atomic E-state index is 0.766. The minimum Gasteiger partial charge on any atom is -0.398 e. The molecule has 0 saturated heterocycles. The Kier molecular flexibility index (Phi) is 2.14. The van der Waals surface area contributed by atoms with Gasteiger partial charge in [-0.25, -0.2) is 0 Å². The summed E-state index contributed by atoms with van der Waals surface area (Å²) in [5.74, 6) is 0. The minimum absolute atomic E-state index is 0.766. The van der Waals surface area contributed by atoms with Crippen LogP contribution in [-0.2, 0) is 6.42 Å².